The quantitative estimate of drug-likeness (QED) is 0.597. The van der Waals surface area contributed by atoms with Crippen LogP contribution in [0.3, 0.4) is 0 Å². The van der Waals surface area contributed by atoms with Crippen LogP contribution in [0.5, 0.6) is 5.75 Å². The van der Waals surface area contributed by atoms with Gasteiger partial charge in [0.15, 0.2) is 0 Å². The predicted molar refractivity (Wildman–Crippen MR) is 114 cm³/mol. The molecule has 2 atom stereocenters. The number of rotatable bonds is 8. The number of sulfonamides is 1. The molecule has 3 rings (SSSR count). The lowest BCUT2D eigenvalue weighted by molar-refractivity contribution is 0.395. The van der Waals surface area contributed by atoms with E-state index in [2.05, 4.69) is 26.8 Å². The smallest absolute Gasteiger partial charge is 0.246 e. The maximum Gasteiger partial charge on any atom is 0.246 e. The molecule has 1 saturated heterocycles. The SMILES string of the molecule is COc1ccc(Br)cc1S(=O)(=O)N(C)CCCC1CC(c2cccc(F)c2)NN1. The van der Waals surface area contributed by atoms with Crippen LogP contribution in [-0.4, -0.2) is 39.5 Å². The molecule has 6 nitrogen and oxygen atoms in total. The molecule has 0 saturated carbocycles. The van der Waals surface area contributed by atoms with Gasteiger partial charge >= 0.3 is 0 Å². The first-order valence-electron chi connectivity index (χ1n) is 9.37. The number of hydrogen-bond donors (Lipinski definition) is 2. The van der Waals surface area contributed by atoms with E-state index in [1.165, 1.54) is 23.5 Å². The summed E-state index contributed by atoms with van der Waals surface area (Å²) in [4.78, 5) is 0.142. The monoisotopic (exact) mass is 485 g/mol. The van der Waals surface area contributed by atoms with Crippen molar-refractivity contribution in [2.45, 2.75) is 36.2 Å². The van der Waals surface area contributed by atoms with Gasteiger partial charge in [-0.05, 0) is 55.2 Å². The minimum Gasteiger partial charge on any atom is -0.495 e. The van der Waals surface area contributed by atoms with Crippen molar-refractivity contribution < 1.29 is 17.5 Å². The second-order valence-corrected chi connectivity index (χ2v) is 10.0. The van der Waals surface area contributed by atoms with Crippen molar-refractivity contribution in [3.05, 3.63) is 58.3 Å². The number of hydrazine groups is 1. The summed E-state index contributed by atoms with van der Waals surface area (Å²) in [5.74, 6) is 0.0715. The third-order valence-corrected chi connectivity index (χ3v) is 7.44. The molecule has 1 fully saturated rings. The van der Waals surface area contributed by atoms with Crippen LogP contribution in [0.4, 0.5) is 4.39 Å². The molecule has 0 radical (unpaired) electrons. The van der Waals surface area contributed by atoms with Crippen LogP contribution in [0.2, 0.25) is 0 Å². The molecule has 9 heteroatoms. The van der Waals surface area contributed by atoms with E-state index in [1.807, 2.05) is 6.07 Å². The zero-order chi connectivity index (χ0) is 21.0. The van der Waals surface area contributed by atoms with Gasteiger partial charge in [0.25, 0.3) is 0 Å². The number of halogens is 2. The fourth-order valence-electron chi connectivity index (χ4n) is 3.45. The van der Waals surface area contributed by atoms with E-state index in [4.69, 9.17) is 4.74 Å². The Kier molecular flexibility index (Phi) is 7.28. The maximum atomic E-state index is 13.4. The number of ether oxygens (including phenoxy) is 1. The predicted octanol–water partition coefficient (Wildman–Crippen LogP) is 3.61. The molecule has 0 spiro atoms. The highest BCUT2D eigenvalue weighted by Crippen LogP contribution is 2.30. The van der Waals surface area contributed by atoms with Crippen LogP contribution >= 0.6 is 15.9 Å². The zero-order valence-corrected chi connectivity index (χ0v) is 18.8. The van der Waals surface area contributed by atoms with E-state index in [0.29, 0.717) is 23.2 Å². The lowest BCUT2D eigenvalue weighted by Crippen LogP contribution is -2.32. The number of nitrogens with zero attached hydrogens (tertiary/aromatic N) is 1. The van der Waals surface area contributed by atoms with E-state index < -0.39 is 10.0 Å². The fraction of sp³-hybridized carbons (Fsp3) is 0.400. The zero-order valence-electron chi connectivity index (χ0n) is 16.4. The number of nitrogens with one attached hydrogen (secondary N) is 2. The Morgan fingerprint density at radius 2 is 2.03 bits per heavy atom. The summed E-state index contributed by atoms with van der Waals surface area (Å²) in [6.07, 6.45) is 2.31. The molecule has 0 bridgehead atoms. The normalized spacial score (nSPS) is 19.6. The molecule has 0 amide bonds. The Hall–Kier alpha value is -1.52. The lowest BCUT2D eigenvalue weighted by atomic mass is 10.00. The number of hydrogen-bond acceptors (Lipinski definition) is 5. The van der Waals surface area contributed by atoms with E-state index in [1.54, 1.807) is 31.3 Å². The summed E-state index contributed by atoms with van der Waals surface area (Å²) in [6, 6.07) is 11.7. The van der Waals surface area contributed by atoms with Gasteiger partial charge in [0.05, 0.1) is 7.11 Å². The van der Waals surface area contributed by atoms with Crippen molar-refractivity contribution in [3.8, 4) is 5.75 Å². The molecular formula is C20H25BrFN3O3S. The molecular weight excluding hydrogens is 461 g/mol. The average molecular weight is 486 g/mol. The van der Waals surface area contributed by atoms with Crippen molar-refractivity contribution in [2.24, 2.45) is 0 Å². The van der Waals surface area contributed by atoms with Gasteiger partial charge in [0.2, 0.25) is 10.0 Å². The molecule has 1 aliphatic rings. The number of benzene rings is 2. The molecule has 2 aromatic rings. The summed E-state index contributed by atoms with van der Waals surface area (Å²) >= 11 is 3.32. The van der Waals surface area contributed by atoms with Crippen molar-refractivity contribution in [3.63, 3.8) is 0 Å². The van der Waals surface area contributed by atoms with Gasteiger partial charge in [-0.25, -0.2) is 17.1 Å². The highest BCUT2D eigenvalue weighted by molar-refractivity contribution is 9.10. The lowest BCUT2D eigenvalue weighted by Gasteiger charge is -2.20. The molecule has 2 unspecified atom stereocenters. The van der Waals surface area contributed by atoms with Gasteiger partial charge in [0.1, 0.15) is 16.5 Å². The highest BCUT2D eigenvalue weighted by atomic mass is 79.9. The second kappa shape index (κ2) is 9.53. The summed E-state index contributed by atoms with van der Waals surface area (Å²) < 4.78 is 46.5. The van der Waals surface area contributed by atoms with E-state index in [0.717, 1.165) is 18.4 Å². The van der Waals surface area contributed by atoms with Crippen LogP contribution in [0.1, 0.15) is 30.9 Å². The minimum absolute atomic E-state index is 0.0445. The van der Waals surface area contributed by atoms with Gasteiger partial charge in [-0.3, -0.25) is 10.9 Å². The summed E-state index contributed by atoms with van der Waals surface area (Å²) in [6.45, 7) is 0.390. The minimum atomic E-state index is -3.66. The maximum absolute atomic E-state index is 13.4. The van der Waals surface area contributed by atoms with Crippen LogP contribution in [0.25, 0.3) is 0 Å². The Morgan fingerprint density at radius 3 is 2.76 bits per heavy atom. The Bertz CT molecular complexity index is 958. The average Bonchev–Trinajstić information content (AvgIpc) is 3.17. The molecule has 2 N–H and O–H groups in total. The molecule has 2 aromatic carbocycles. The Morgan fingerprint density at radius 1 is 1.24 bits per heavy atom. The summed E-state index contributed by atoms with van der Waals surface area (Å²) in [5.41, 5.74) is 7.33. The number of methoxy groups -OCH3 is 1. The van der Waals surface area contributed by atoms with Gasteiger partial charge in [-0.1, -0.05) is 28.1 Å². The van der Waals surface area contributed by atoms with Crippen LogP contribution < -0.4 is 15.6 Å². The molecule has 1 heterocycles. The van der Waals surface area contributed by atoms with Crippen molar-refractivity contribution >= 4 is 26.0 Å². The third-order valence-electron chi connectivity index (χ3n) is 5.07. The standard InChI is InChI=1S/C20H25BrFN3O3S/c1-25(29(26,27)20-12-15(21)8-9-19(20)28-2)10-4-7-17-13-18(24-23-17)14-5-3-6-16(22)11-14/h3,5-6,8-9,11-12,17-18,23-24H,4,7,10,13H2,1-2H3. The van der Waals surface area contributed by atoms with E-state index in [9.17, 15) is 12.8 Å². The molecule has 29 heavy (non-hydrogen) atoms. The van der Waals surface area contributed by atoms with Crippen LogP contribution in [0.15, 0.2) is 51.8 Å². The first-order chi connectivity index (χ1) is 13.8. The van der Waals surface area contributed by atoms with Crippen molar-refractivity contribution in [1.29, 1.82) is 0 Å². The van der Waals surface area contributed by atoms with Gasteiger partial charge in [-0.2, -0.15) is 0 Å². The second-order valence-electron chi connectivity index (χ2n) is 7.09. The Balaban J connectivity index is 1.55. The fourth-order valence-corrected chi connectivity index (χ4v) is 5.35. The topological polar surface area (TPSA) is 70.7 Å². The molecule has 0 aliphatic carbocycles. The summed E-state index contributed by atoms with van der Waals surface area (Å²) in [5, 5.41) is 0. The highest BCUT2D eigenvalue weighted by Gasteiger charge is 2.27. The van der Waals surface area contributed by atoms with Gasteiger partial charge < -0.3 is 4.74 Å². The molecule has 1 aliphatic heterocycles. The van der Waals surface area contributed by atoms with Gasteiger partial charge in [0, 0.05) is 30.1 Å². The molecule has 158 valence electrons. The van der Waals surface area contributed by atoms with Crippen molar-refractivity contribution in [1.82, 2.24) is 15.2 Å². The first kappa shape index (κ1) is 22.2. The van der Waals surface area contributed by atoms with Crippen LogP contribution in [-0.2, 0) is 10.0 Å². The summed E-state index contributed by atoms with van der Waals surface area (Å²) in [7, 11) is -0.629. The largest absolute Gasteiger partial charge is 0.495 e. The first-order valence-corrected chi connectivity index (χ1v) is 11.6. The van der Waals surface area contributed by atoms with E-state index in [-0.39, 0.29) is 22.8 Å². The third kappa shape index (κ3) is 5.35. The van der Waals surface area contributed by atoms with Gasteiger partial charge in [-0.15, -0.1) is 0 Å². The van der Waals surface area contributed by atoms with E-state index >= 15 is 0 Å². The molecule has 0 aromatic heterocycles. The van der Waals surface area contributed by atoms with Crippen molar-refractivity contribution in [2.75, 3.05) is 20.7 Å². The van der Waals surface area contributed by atoms with Crippen LogP contribution in [0, 0.1) is 5.82 Å². The Labute approximate surface area is 179 Å².